The molecule has 1 aromatic rings. The van der Waals surface area contributed by atoms with Gasteiger partial charge in [0.1, 0.15) is 0 Å². The van der Waals surface area contributed by atoms with Gasteiger partial charge >= 0.3 is 0 Å². The third kappa shape index (κ3) is 3.52. The van der Waals surface area contributed by atoms with Crippen molar-refractivity contribution in [2.24, 2.45) is 0 Å². The molecule has 22 heavy (non-hydrogen) atoms. The van der Waals surface area contributed by atoms with E-state index in [2.05, 4.69) is 0 Å². The van der Waals surface area contributed by atoms with E-state index in [0.717, 1.165) is 5.56 Å². The van der Waals surface area contributed by atoms with Gasteiger partial charge in [-0.15, -0.1) is 0 Å². The number of sulfone groups is 1. The SMILES string of the molecule is CCCN(C1CCS(=O)(=O)C1)S(=O)(=O)c1ccc(C)cc1C. The van der Waals surface area contributed by atoms with Crippen LogP contribution in [0.4, 0.5) is 0 Å². The normalized spacial score (nSPS) is 21.4. The van der Waals surface area contributed by atoms with Crippen LogP contribution < -0.4 is 0 Å². The Kier molecular flexibility index (Phi) is 4.99. The van der Waals surface area contributed by atoms with Crippen molar-refractivity contribution in [3.05, 3.63) is 29.3 Å². The molecule has 0 bridgehead atoms. The van der Waals surface area contributed by atoms with Crippen molar-refractivity contribution in [3.63, 3.8) is 0 Å². The molecular weight excluding hydrogens is 322 g/mol. The molecule has 7 heteroatoms. The van der Waals surface area contributed by atoms with Crippen molar-refractivity contribution in [2.45, 2.75) is 44.6 Å². The van der Waals surface area contributed by atoms with Crippen LogP contribution in [0.3, 0.4) is 0 Å². The second-order valence-electron chi connectivity index (χ2n) is 5.94. The number of hydrogen-bond donors (Lipinski definition) is 0. The lowest BCUT2D eigenvalue weighted by atomic mass is 10.2. The monoisotopic (exact) mass is 345 g/mol. The van der Waals surface area contributed by atoms with Gasteiger partial charge < -0.3 is 0 Å². The van der Waals surface area contributed by atoms with Gasteiger partial charge in [-0.2, -0.15) is 4.31 Å². The average Bonchev–Trinajstić information content (AvgIpc) is 2.75. The smallest absolute Gasteiger partial charge is 0.229 e. The summed E-state index contributed by atoms with van der Waals surface area (Å²) in [6.45, 7) is 5.93. The van der Waals surface area contributed by atoms with Gasteiger partial charge in [0.15, 0.2) is 9.84 Å². The molecule has 0 aliphatic carbocycles. The standard InChI is InChI=1S/C15H23NO4S2/c1-4-8-16(14-7-9-21(17,18)11-14)22(19,20)15-6-5-12(2)10-13(15)3/h5-6,10,14H,4,7-9,11H2,1-3H3. The predicted molar refractivity (Wildman–Crippen MR) is 87.2 cm³/mol. The molecule has 0 amide bonds. The first-order valence-corrected chi connectivity index (χ1v) is 10.7. The quantitative estimate of drug-likeness (QED) is 0.817. The summed E-state index contributed by atoms with van der Waals surface area (Å²) in [5.74, 6) is -0.00256. The molecule has 1 aliphatic heterocycles. The van der Waals surface area contributed by atoms with Crippen LogP contribution in [0.1, 0.15) is 30.9 Å². The molecule has 1 atom stereocenters. The maximum Gasteiger partial charge on any atom is 0.243 e. The van der Waals surface area contributed by atoms with Crippen molar-refractivity contribution in [3.8, 4) is 0 Å². The minimum Gasteiger partial charge on any atom is -0.229 e. The number of benzene rings is 1. The molecule has 0 aromatic heterocycles. The molecular formula is C15H23NO4S2. The van der Waals surface area contributed by atoms with Crippen LogP contribution in [-0.4, -0.2) is 45.2 Å². The molecule has 1 fully saturated rings. The van der Waals surface area contributed by atoms with E-state index >= 15 is 0 Å². The lowest BCUT2D eigenvalue weighted by Crippen LogP contribution is -2.41. The van der Waals surface area contributed by atoms with E-state index in [1.54, 1.807) is 19.1 Å². The Morgan fingerprint density at radius 3 is 2.45 bits per heavy atom. The van der Waals surface area contributed by atoms with Gasteiger partial charge in [-0.25, -0.2) is 16.8 Å². The third-order valence-corrected chi connectivity index (χ3v) is 7.84. The van der Waals surface area contributed by atoms with Gasteiger partial charge in [0.2, 0.25) is 10.0 Å². The largest absolute Gasteiger partial charge is 0.243 e. The van der Waals surface area contributed by atoms with Crippen LogP contribution in [-0.2, 0) is 19.9 Å². The van der Waals surface area contributed by atoms with Crippen LogP contribution >= 0.6 is 0 Å². The Morgan fingerprint density at radius 2 is 1.95 bits per heavy atom. The first-order valence-electron chi connectivity index (χ1n) is 7.47. The highest BCUT2D eigenvalue weighted by molar-refractivity contribution is 7.92. The number of nitrogens with zero attached hydrogens (tertiary/aromatic N) is 1. The van der Waals surface area contributed by atoms with E-state index in [0.29, 0.717) is 24.9 Å². The highest BCUT2D eigenvalue weighted by Gasteiger charge is 2.38. The van der Waals surface area contributed by atoms with E-state index in [1.165, 1.54) is 4.31 Å². The topological polar surface area (TPSA) is 71.5 Å². The van der Waals surface area contributed by atoms with Gasteiger partial charge in [-0.1, -0.05) is 24.6 Å². The minimum absolute atomic E-state index is 0.0697. The van der Waals surface area contributed by atoms with E-state index in [-0.39, 0.29) is 16.4 Å². The summed E-state index contributed by atoms with van der Waals surface area (Å²) >= 11 is 0. The molecule has 0 radical (unpaired) electrons. The summed E-state index contributed by atoms with van der Waals surface area (Å²) in [6.07, 6.45) is 1.03. The van der Waals surface area contributed by atoms with Crippen LogP contribution in [0.25, 0.3) is 0 Å². The summed E-state index contributed by atoms with van der Waals surface area (Å²) in [5, 5.41) is 0. The Hall–Kier alpha value is -0.920. The van der Waals surface area contributed by atoms with Crippen LogP contribution in [0.2, 0.25) is 0 Å². The fraction of sp³-hybridized carbons (Fsp3) is 0.600. The molecule has 0 N–H and O–H groups in total. The van der Waals surface area contributed by atoms with Crippen LogP contribution in [0.5, 0.6) is 0 Å². The number of aryl methyl sites for hydroxylation is 2. The maximum atomic E-state index is 13.0. The van der Waals surface area contributed by atoms with E-state index in [1.807, 2.05) is 19.9 Å². The Morgan fingerprint density at radius 1 is 1.27 bits per heavy atom. The minimum atomic E-state index is -3.68. The van der Waals surface area contributed by atoms with Gasteiger partial charge in [0.05, 0.1) is 16.4 Å². The van der Waals surface area contributed by atoms with Crippen molar-refractivity contribution < 1.29 is 16.8 Å². The average molecular weight is 345 g/mol. The zero-order valence-corrected chi connectivity index (χ0v) is 14.9. The summed E-state index contributed by atoms with van der Waals surface area (Å²) in [7, 11) is -6.80. The predicted octanol–water partition coefficient (Wildman–Crippen LogP) is 1.89. The van der Waals surface area contributed by atoms with Gasteiger partial charge in [0, 0.05) is 12.6 Å². The Labute approximate surface area is 133 Å². The summed E-state index contributed by atoms with van der Waals surface area (Å²) in [4.78, 5) is 0.274. The van der Waals surface area contributed by atoms with Crippen molar-refractivity contribution in [1.29, 1.82) is 0 Å². The number of sulfonamides is 1. The van der Waals surface area contributed by atoms with Crippen molar-refractivity contribution in [1.82, 2.24) is 4.31 Å². The van der Waals surface area contributed by atoms with E-state index in [4.69, 9.17) is 0 Å². The Bertz CT molecular complexity index is 754. The van der Waals surface area contributed by atoms with E-state index < -0.39 is 25.9 Å². The lowest BCUT2D eigenvalue weighted by Gasteiger charge is -2.27. The molecule has 1 aliphatic rings. The summed E-state index contributed by atoms with van der Waals surface area (Å²) < 4.78 is 50.8. The molecule has 0 saturated carbocycles. The van der Waals surface area contributed by atoms with Gasteiger partial charge in [-0.05, 0) is 38.3 Å². The molecule has 124 valence electrons. The first kappa shape index (κ1) is 17.4. The molecule has 0 spiro atoms. The molecule has 2 rings (SSSR count). The Balaban J connectivity index is 2.42. The van der Waals surface area contributed by atoms with Gasteiger partial charge in [-0.3, -0.25) is 0 Å². The van der Waals surface area contributed by atoms with Crippen molar-refractivity contribution in [2.75, 3.05) is 18.1 Å². The maximum absolute atomic E-state index is 13.0. The molecule has 1 heterocycles. The van der Waals surface area contributed by atoms with Gasteiger partial charge in [0.25, 0.3) is 0 Å². The molecule has 1 aromatic carbocycles. The lowest BCUT2D eigenvalue weighted by molar-refractivity contribution is 0.340. The summed E-state index contributed by atoms with van der Waals surface area (Å²) in [6, 6.07) is 4.78. The fourth-order valence-corrected chi connectivity index (χ4v) is 6.72. The molecule has 5 nitrogen and oxygen atoms in total. The summed E-state index contributed by atoms with van der Waals surface area (Å²) in [5.41, 5.74) is 1.70. The fourth-order valence-electron chi connectivity index (χ4n) is 2.94. The second-order valence-corrected chi connectivity index (χ2v) is 10.0. The zero-order valence-electron chi connectivity index (χ0n) is 13.2. The number of hydrogen-bond acceptors (Lipinski definition) is 4. The first-order chi connectivity index (χ1) is 10.2. The zero-order chi connectivity index (χ0) is 16.5. The van der Waals surface area contributed by atoms with Crippen molar-refractivity contribution >= 4 is 19.9 Å². The highest BCUT2D eigenvalue weighted by atomic mass is 32.2. The number of rotatable bonds is 5. The van der Waals surface area contributed by atoms with Crippen LogP contribution in [0.15, 0.2) is 23.1 Å². The third-order valence-electron chi connectivity index (χ3n) is 3.98. The molecule has 1 saturated heterocycles. The second kappa shape index (κ2) is 6.29. The highest BCUT2D eigenvalue weighted by Crippen LogP contribution is 2.27. The van der Waals surface area contributed by atoms with Crippen LogP contribution in [0, 0.1) is 13.8 Å². The van der Waals surface area contributed by atoms with E-state index in [9.17, 15) is 16.8 Å². The molecule has 1 unspecified atom stereocenters.